The van der Waals surface area contributed by atoms with E-state index in [0.717, 1.165) is 0 Å². The van der Waals surface area contributed by atoms with E-state index in [1.54, 1.807) is 25.1 Å². The third kappa shape index (κ3) is 3.53. The SMILES string of the molecule is Cc1ccc(OCc2cccc(C(=O)O)c2)c([N+](=O)[O-])n1. The molecule has 0 saturated carbocycles. The summed E-state index contributed by atoms with van der Waals surface area (Å²) in [5.41, 5.74) is 1.25. The molecule has 1 aromatic carbocycles. The van der Waals surface area contributed by atoms with Gasteiger partial charge in [-0.2, -0.15) is 0 Å². The first-order chi connectivity index (χ1) is 9.97. The van der Waals surface area contributed by atoms with Crippen LogP contribution in [0.4, 0.5) is 5.82 Å². The van der Waals surface area contributed by atoms with Gasteiger partial charge in [0.05, 0.1) is 5.56 Å². The van der Waals surface area contributed by atoms with Gasteiger partial charge in [0.2, 0.25) is 5.75 Å². The highest BCUT2D eigenvalue weighted by Crippen LogP contribution is 2.25. The fourth-order valence-corrected chi connectivity index (χ4v) is 1.73. The summed E-state index contributed by atoms with van der Waals surface area (Å²) in [4.78, 5) is 25.0. The van der Waals surface area contributed by atoms with Crippen LogP contribution in [0.1, 0.15) is 21.6 Å². The zero-order chi connectivity index (χ0) is 15.4. The number of nitro groups is 1. The number of aryl methyl sites for hydroxylation is 1. The van der Waals surface area contributed by atoms with Crippen LogP contribution in [-0.2, 0) is 6.61 Å². The van der Waals surface area contributed by atoms with E-state index in [1.165, 1.54) is 18.2 Å². The second-order valence-electron chi connectivity index (χ2n) is 4.33. The molecular formula is C14H12N2O5. The van der Waals surface area contributed by atoms with Crippen LogP contribution in [0.25, 0.3) is 0 Å². The summed E-state index contributed by atoms with van der Waals surface area (Å²) in [5.74, 6) is -1.35. The Kier molecular flexibility index (Phi) is 4.13. The largest absolute Gasteiger partial charge is 0.481 e. The minimum absolute atomic E-state index is 0.0205. The number of carboxylic acid groups (broad SMARTS) is 1. The van der Waals surface area contributed by atoms with Crippen LogP contribution in [0, 0.1) is 17.0 Å². The topological polar surface area (TPSA) is 103 Å². The maximum absolute atomic E-state index is 10.9. The standard InChI is InChI=1S/C14H12N2O5/c1-9-5-6-12(13(15-9)16(19)20)21-8-10-3-2-4-11(7-10)14(17)18/h2-7H,8H2,1H3,(H,17,18). The van der Waals surface area contributed by atoms with E-state index in [2.05, 4.69) is 4.98 Å². The van der Waals surface area contributed by atoms with Crippen molar-refractivity contribution >= 4 is 11.8 Å². The number of hydrogen-bond donors (Lipinski definition) is 1. The molecule has 0 atom stereocenters. The predicted molar refractivity (Wildman–Crippen MR) is 73.4 cm³/mol. The molecule has 0 radical (unpaired) electrons. The summed E-state index contributed by atoms with van der Waals surface area (Å²) in [6.45, 7) is 1.67. The molecule has 0 aliphatic carbocycles. The van der Waals surface area contributed by atoms with E-state index in [4.69, 9.17) is 9.84 Å². The van der Waals surface area contributed by atoms with Crippen molar-refractivity contribution in [1.82, 2.24) is 4.98 Å². The lowest BCUT2D eigenvalue weighted by Gasteiger charge is -2.07. The van der Waals surface area contributed by atoms with Gasteiger partial charge in [-0.15, -0.1) is 0 Å². The molecule has 1 heterocycles. The lowest BCUT2D eigenvalue weighted by Crippen LogP contribution is -2.03. The number of aromatic nitrogens is 1. The second kappa shape index (κ2) is 6.00. The Morgan fingerprint density at radius 3 is 2.81 bits per heavy atom. The van der Waals surface area contributed by atoms with Gasteiger partial charge in [-0.3, -0.25) is 0 Å². The maximum atomic E-state index is 10.9. The molecule has 2 aromatic rings. The third-order valence-electron chi connectivity index (χ3n) is 2.72. The molecule has 1 N–H and O–H groups in total. The second-order valence-corrected chi connectivity index (χ2v) is 4.33. The van der Waals surface area contributed by atoms with Gasteiger partial charge in [0.25, 0.3) is 0 Å². The summed E-state index contributed by atoms with van der Waals surface area (Å²) in [6, 6.07) is 9.26. The van der Waals surface area contributed by atoms with Gasteiger partial charge in [-0.05, 0) is 39.7 Å². The Balaban J connectivity index is 2.18. The molecule has 7 heteroatoms. The minimum atomic E-state index is -1.04. The predicted octanol–water partition coefficient (Wildman–Crippen LogP) is 2.58. The lowest BCUT2D eigenvalue weighted by atomic mass is 10.1. The van der Waals surface area contributed by atoms with Crippen molar-refractivity contribution in [3.05, 3.63) is 63.3 Å². The zero-order valence-corrected chi connectivity index (χ0v) is 11.1. The van der Waals surface area contributed by atoms with E-state index in [9.17, 15) is 14.9 Å². The average molecular weight is 288 g/mol. The van der Waals surface area contributed by atoms with Crippen LogP contribution in [0.3, 0.4) is 0 Å². The van der Waals surface area contributed by atoms with Crippen LogP contribution in [0.5, 0.6) is 5.75 Å². The third-order valence-corrected chi connectivity index (χ3v) is 2.72. The first kappa shape index (κ1) is 14.4. The van der Waals surface area contributed by atoms with Crippen molar-refractivity contribution in [2.75, 3.05) is 0 Å². The summed E-state index contributed by atoms with van der Waals surface area (Å²) in [6.07, 6.45) is 0. The number of benzene rings is 1. The Morgan fingerprint density at radius 1 is 1.38 bits per heavy atom. The molecule has 1 aromatic heterocycles. The van der Waals surface area contributed by atoms with Gasteiger partial charge in [-0.1, -0.05) is 12.1 Å². The molecule has 0 saturated heterocycles. The van der Waals surface area contributed by atoms with E-state index >= 15 is 0 Å². The molecule has 0 aliphatic rings. The number of ether oxygens (including phenoxy) is 1. The molecular weight excluding hydrogens is 276 g/mol. The van der Waals surface area contributed by atoms with E-state index < -0.39 is 10.9 Å². The van der Waals surface area contributed by atoms with Gasteiger partial charge in [0.15, 0.2) is 0 Å². The van der Waals surface area contributed by atoms with Crippen molar-refractivity contribution in [3.8, 4) is 5.75 Å². The number of hydrogen-bond acceptors (Lipinski definition) is 5. The number of carbonyl (C=O) groups is 1. The molecule has 7 nitrogen and oxygen atoms in total. The molecule has 0 fully saturated rings. The first-order valence-electron chi connectivity index (χ1n) is 6.04. The maximum Gasteiger partial charge on any atom is 0.406 e. The Hall–Kier alpha value is -2.96. The van der Waals surface area contributed by atoms with Gasteiger partial charge in [0, 0.05) is 6.92 Å². The molecule has 0 aliphatic heterocycles. The van der Waals surface area contributed by atoms with Crippen LogP contribution >= 0.6 is 0 Å². The van der Waals surface area contributed by atoms with Gasteiger partial charge in [-0.25, -0.2) is 4.79 Å². The Bertz CT molecular complexity index is 700. The minimum Gasteiger partial charge on any atom is -0.481 e. The van der Waals surface area contributed by atoms with E-state index in [-0.39, 0.29) is 23.7 Å². The van der Waals surface area contributed by atoms with Gasteiger partial charge < -0.3 is 20.0 Å². The average Bonchev–Trinajstić information content (AvgIpc) is 2.46. The summed E-state index contributed by atoms with van der Waals surface area (Å²) < 4.78 is 5.38. The van der Waals surface area contributed by atoms with Crippen molar-refractivity contribution < 1.29 is 19.6 Å². The number of rotatable bonds is 5. The van der Waals surface area contributed by atoms with Crippen molar-refractivity contribution in [2.24, 2.45) is 0 Å². The molecule has 0 amide bonds. The number of nitrogens with zero attached hydrogens (tertiary/aromatic N) is 2. The van der Waals surface area contributed by atoms with Crippen LogP contribution in [0.2, 0.25) is 0 Å². The molecule has 0 spiro atoms. The van der Waals surface area contributed by atoms with Gasteiger partial charge in [0.1, 0.15) is 12.3 Å². The van der Waals surface area contributed by atoms with E-state index in [0.29, 0.717) is 11.3 Å². The van der Waals surface area contributed by atoms with Crippen LogP contribution in [-0.4, -0.2) is 21.0 Å². The van der Waals surface area contributed by atoms with Crippen molar-refractivity contribution in [3.63, 3.8) is 0 Å². The number of carboxylic acids is 1. The van der Waals surface area contributed by atoms with Crippen molar-refractivity contribution in [2.45, 2.75) is 13.5 Å². The fraction of sp³-hybridized carbons (Fsp3) is 0.143. The molecule has 21 heavy (non-hydrogen) atoms. The highest BCUT2D eigenvalue weighted by atomic mass is 16.6. The molecule has 0 unspecified atom stereocenters. The zero-order valence-electron chi connectivity index (χ0n) is 11.1. The quantitative estimate of drug-likeness (QED) is 0.670. The lowest BCUT2D eigenvalue weighted by molar-refractivity contribution is -0.390. The van der Waals surface area contributed by atoms with Gasteiger partial charge >= 0.3 is 11.8 Å². The summed E-state index contributed by atoms with van der Waals surface area (Å²) in [7, 11) is 0. The molecule has 0 bridgehead atoms. The summed E-state index contributed by atoms with van der Waals surface area (Å²) >= 11 is 0. The normalized spacial score (nSPS) is 10.1. The highest BCUT2D eigenvalue weighted by Gasteiger charge is 2.17. The smallest absolute Gasteiger partial charge is 0.406 e. The van der Waals surface area contributed by atoms with Crippen LogP contribution in [0.15, 0.2) is 36.4 Å². The first-order valence-corrected chi connectivity index (χ1v) is 6.04. The number of aromatic carboxylic acids is 1. The summed E-state index contributed by atoms with van der Waals surface area (Å²) in [5, 5.41) is 19.8. The fourth-order valence-electron chi connectivity index (χ4n) is 1.73. The molecule has 2 rings (SSSR count). The van der Waals surface area contributed by atoms with E-state index in [1.807, 2.05) is 0 Å². The Morgan fingerprint density at radius 2 is 2.14 bits per heavy atom. The van der Waals surface area contributed by atoms with Crippen LogP contribution < -0.4 is 4.74 Å². The monoisotopic (exact) mass is 288 g/mol. The van der Waals surface area contributed by atoms with Crippen molar-refractivity contribution in [1.29, 1.82) is 0 Å². The highest BCUT2D eigenvalue weighted by molar-refractivity contribution is 5.87. The Labute approximate surface area is 120 Å². The number of pyridine rings is 1. The molecule has 108 valence electrons.